The molecular weight excluding hydrogens is 643 g/mol. The molecule has 3 bridgehead atoms. The van der Waals surface area contributed by atoms with E-state index in [9.17, 15) is 0 Å². The highest BCUT2D eigenvalue weighted by atomic mass is 16.3. The highest BCUT2D eigenvalue weighted by Crippen LogP contribution is 2.66. The molecule has 12 rings (SSSR count). The lowest BCUT2D eigenvalue weighted by atomic mass is 9.47. The number of anilines is 3. The van der Waals surface area contributed by atoms with Crippen molar-refractivity contribution >= 4 is 49.8 Å². The van der Waals surface area contributed by atoms with Crippen molar-refractivity contribution in [3.63, 3.8) is 0 Å². The smallest absolute Gasteiger partial charge is 0.143 e. The van der Waals surface area contributed by atoms with Crippen LogP contribution in [-0.4, -0.2) is 0 Å². The van der Waals surface area contributed by atoms with Crippen LogP contribution in [0.2, 0.25) is 0 Å². The minimum Gasteiger partial charge on any atom is -0.455 e. The normalized spacial score (nSPS) is 23.8. The summed E-state index contributed by atoms with van der Waals surface area (Å²) in [4.78, 5) is 2.49. The van der Waals surface area contributed by atoms with Gasteiger partial charge < -0.3 is 9.32 Å². The van der Waals surface area contributed by atoms with Crippen molar-refractivity contribution in [2.45, 2.75) is 43.9 Å². The van der Waals surface area contributed by atoms with Crippen molar-refractivity contribution in [2.24, 2.45) is 23.7 Å². The highest BCUT2D eigenvalue weighted by molar-refractivity contribution is 6.09. The van der Waals surface area contributed by atoms with Gasteiger partial charge in [0, 0.05) is 38.8 Å². The van der Waals surface area contributed by atoms with Gasteiger partial charge in [0.25, 0.3) is 0 Å². The largest absolute Gasteiger partial charge is 0.455 e. The third-order valence-electron chi connectivity index (χ3n) is 14.0. The van der Waals surface area contributed by atoms with E-state index in [-0.39, 0.29) is 5.41 Å². The summed E-state index contributed by atoms with van der Waals surface area (Å²) in [7, 11) is 0. The summed E-state index contributed by atoms with van der Waals surface area (Å²) in [5.74, 6) is 3.39. The molecule has 1 aromatic heterocycles. The van der Waals surface area contributed by atoms with E-state index in [0.29, 0.717) is 0 Å². The maximum Gasteiger partial charge on any atom is 0.143 e. The van der Waals surface area contributed by atoms with Gasteiger partial charge in [-0.3, -0.25) is 0 Å². The van der Waals surface area contributed by atoms with Gasteiger partial charge in [0.2, 0.25) is 0 Å². The molecule has 53 heavy (non-hydrogen) atoms. The van der Waals surface area contributed by atoms with Crippen LogP contribution in [0.3, 0.4) is 0 Å². The van der Waals surface area contributed by atoms with E-state index in [4.69, 9.17) is 4.42 Å². The van der Waals surface area contributed by atoms with Gasteiger partial charge in [0.05, 0.1) is 0 Å². The lowest BCUT2D eigenvalue weighted by molar-refractivity contribution is -0.0103. The van der Waals surface area contributed by atoms with Gasteiger partial charge in [-0.05, 0) is 137 Å². The van der Waals surface area contributed by atoms with Gasteiger partial charge in [0.15, 0.2) is 0 Å². The fourth-order valence-corrected chi connectivity index (χ4v) is 11.8. The Balaban J connectivity index is 1.02. The fourth-order valence-electron chi connectivity index (χ4n) is 11.8. The second-order valence-electron chi connectivity index (χ2n) is 16.5. The third-order valence-corrected chi connectivity index (χ3v) is 14.0. The zero-order valence-electron chi connectivity index (χ0n) is 29.8. The quantitative estimate of drug-likeness (QED) is 0.184. The van der Waals surface area contributed by atoms with E-state index in [1.165, 1.54) is 71.8 Å². The standard InChI is InChI=1S/C51H41NO/c1-2-9-35-29-40(23-18-33(35)8-1)52(39-21-19-34(20-22-39)42-12-7-13-46-45-11-4-6-15-49(45)53-50(42)46)41-24-25-44-43-10-3-5-14-47(43)51(48(44)30-41)31-36-17-16-32-26-37(36)28-38(51)27-32/h1-15,18-25,29-30,32,36-38H,16-17,26-28,31H2. The summed E-state index contributed by atoms with van der Waals surface area (Å²) in [6.07, 6.45) is 8.42. The lowest BCUT2D eigenvalue weighted by Gasteiger charge is -2.57. The average Bonchev–Trinajstić information content (AvgIpc) is 3.72. The lowest BCUT2D eigenvalue weighted by Crippen LogP contribution is -2.50. The Morgan fingerprint density at radius 3 is 2.19 bits per heavy atom. The summed E-state index contributed by atoms with van der Waals surface area (Å²) in [5.41, 5.74) is 13.9. The molecule has 3 saturated carbocycles. The second-order valence-corrected chi connectivity index (χ2v) is 16.5. The number of rotatable bonds is 4. The van der Waals surface area contributed by atoms with E-state index in [2.05, 4.69) is 150 Å². The van der Waals surface area contributed by atoms with Crippen molar-refractivity contribution in [3.05, 3.63) is 163 Å². The highest BCUT2D eigenvalue weighted by Gasteiger charge is 2.57. The molecule has 4 aliphatic rings. The Bertz CT molecular complexity index is 2740. The zero-order valence-corrected chi connectivity index (χ0v) is 29.8. The Kier molecular flexibility index (Phi) is 6.32. The number of para-hydroxylation sites is 2. The van der Waals surface area contributed by atoms with Crippen LogP contribution in [0, 0.1) is 23.7 Å². The number of hydrogen-bond donors (Lipinski definition) is 0. The number of furan rings is 1. The first-order valence-corrected chi connectivity index (χ1v) is 19.8. The average molecular weight is 684 g/mol. The number of hydrogen-bond acceptors (Lipinski definition) is 2. The molecule has 0 saturated heterocycles. The van der Waals surface area contributed by atoms with Crippen molar-refractivity contribution < 1.29 is 4.42 Å². The van der Waals surface area contributed by atoms with Crippen molar-refractivity contribution in [2.75, 3.05) is 4.90 Å². The van der Waals surface area contributed by atoms with Crippen LogP contribution in [0.15, 0.2) is 156 Å². The van der Waals surface area contributed by atoms with E-state index in [1.807, 2.05) is 6.07 Å². The Morgan fingerprint density at radius 2 is 1.25 bits per heavy atom. The minimum absolute atomic E-state index is 0.104. The number of fused-ring (bicyclic) bond motifs is 12. The van der Waals surface area contributed by atoms with Gasteiger partial charge in [-0.1, -0.05) is 116 Å². The molecule has 3 fully saturated rings. The summed E-state index contributed by atoms with van der Waals surface area (Å²) < 4.78 is 6.46. The maximum atomic E-state index is 6.46. The van der Waals surface area contributed by atoms with Gasteiger partial charge in [-0.15, -0.1) is 0 Å². The van der Waals surface area contributed by atoms with E-state index in [0.717, 1.165) is 62.4 Å². The fraction of sp³-hybridized carbons (Fsp3) is 0.216. The van der Waals surface area contributed by atoms with Crippen LogP contribution in [-0.2, 0) is 5.41 Å². The summed E-state index contributed by atoms with van der Waals surface area (Å²) >= 11 is 0. The Labute approximate surface area is 310 Å². The van der Waals surface area contributed by atoms with Crippen LogP contribution >= 0.6 is 0 Å². The molecule has 4 aliphatic carbocycles. The molecule has 0 radical (unpaired) electrons. The van der Waals surface area contributed by atoms with E-state index in [1.54, 1.807) is 11.1 Å². The van der Waals surface area contributed by atoms with E-state index >= 15 is 0 Å². The van der Waals surface area contributed by atoms with Crippen molar-refractivity contribution in [1.29, 1.82) is 0 Å². The van der Waals surface area contributed by atoms with E-state index < -0.39 is 0 Å². The monoisotopic (exact) mass is 683 g/mol. The molecule has 2 nitrogen and oxygen atoms in total. The van der Waals surface area contributed by atoms with Crippen molar-refractivity contribution in [1.82, 2.24) is 0 Å². The maximum absolute atomic E-state index is 6.46. The molecular formula is C51H41NO. The predicted molar refractivity (Wildman–Crippen MR) is 219 cm³/mol. The van der Waals surface area contributed by atoms with Gasteiger partial charge >= 0.3 is 0 Å². The van der Waals surface area contributed by atoms with Gasteiger partial charge in [-0.25, -0.2) is 0 Å². The molecule has 1 spiro atoms. The topological polar surface area (TPSA) is 16.4 Å². The Hall–Kier alpha value is -5.60. The summed E-state index contributed by atoms with van der Waals surface area (Å²) in [6.45, 7) is 0. The number of nitrogens with zero attached hydrogens (tertiary/aromatic N) is 1. The van der Waals surface area contributed by atoms with Crippen LogP contribution in [0.1, 0.15) is 49.7 Å². The van der Waals surface area contributed by atoms with Crippen LogP contribution in [0.4, 0.5) is 17.1 Å². The summed E-state index contributed by atoms with van der Waals surface area (Å²) in [6, 6.07) is 56.6. The second kappa shape index (κ2) is 11.2. The van der Waals surface area contributed by atoms with Crippen molar-refractivity contribution in [3.8, 4) is 22.3 Å². The van der Waals surface area contributed by atoms with Gasteiger partial charge in [-0.2, -0.15) is 0 Å². The first-order valence-electron chi connectivity index (χ1n) is 19.8. The van der Waals surface area contributed by atoms with Crippen LogP contribution in [0.25, 0.3) is 55.0 Å². The Morgan fingerprint density at radius 1 is 0.509 bits per heavy atom. The summed E-state index contributed by atoms with van der Waals surface area (Å²) in [5, 5.41) is 4.84. The predicted octanol–water partition coefficient (Wildman–Crippen LogP) is 14.0. The molecule has 0 amide bonds. The van der Waals surface area contributed by atoms with Gasteiger partial charge in [0.1, 0.15) is 11.2 Å². The first-order chi connectivity index (χ1) is 26.2. The SMILES string of the molecule is c1ccc2c(c1)-c1ccc(N(c3ccc(-c4cccc5c4oc4ccccc45)cc3)c3ccc4ccccc4c3)cc1C21CC2CCC3CC2CC1C3. The molecule has 2 heteroatoms. The number of benzene rings is 7. The third kappa shape index (κ3) is 4.33. The molecule has 256 valence electrons. The zero-order chi connectivity index (χ0) is 34.7. The van der Waals surface area contributed by atoms with Crippen LogP contribution < -0.4 is 4.90 Å². The first kappa shape index (κ1) is 29.9. The molecule has 0 aliphatic heterocycles. The molecule has 1 heterocycles. The van der Waals surface area contributed by atoms with Crippen LogP contribution in [0.5, 0.6) is 0 Å². The molecule has 5 unspecified atom stereocenters. The molecule has 0 N–H and O–H groups in total. The molecule has 5 atom stereocenters. The molecule has 7 aromatic carbocycles. The molecule has 8 aromatic rings. The minimum atomic E-state index is 0.104.